The lowest BCUT2D eigenvalue weighted by Crippen LogP contribution is -2.49. The van der Waals surface area contributed by atoms with Gasteiger partial charge in [-0.1, -0.05) is 6.07 Å². The number of hydrogen-bond donors (Lipinski definition) is 1. The summed E-state index contributed by atoms with van der Waals surface area (Å²) in [6, 6.07) is 6.75. The molecule has 2 fully saturated rings. The minimum absolute atomic E-state index is 0. The maximum atomic E-state index is 12.7. The van der Waals surface area contributed by atoms with Crippen LogP contribution in [-0.4, -0.2) is 75.7 Å². The number of nitrogens with zero attached hydrogens (tertiary/aromatic N) is 2. The summed E-state index contributed by atoms with van der Waals surface area (Å²) >= 11 is 0. The number of nitrogens with one attached hydrogen (secondary N) is 1. The number of likely N-dealkylation sites (tertiary alicyclic amines) is 1. The lowest BCUT2D eigenvalue weighted by Gasteiger charge is -2.32. The number of amides is 1. The molecule has 0 bridgehead atoms. The number of rotatable bonds is 3. The lowest BCUT2D eigenvalue weighted by molar-refractivity contribution is 0.0773. The van der Waals surface area contributed by atoms with E-state index in [-0.39, 0.29) is 23.2 Å². The van der Waals surface area contributed by atoms with Crippen molar-refractivity contribution in [1.29, 1.82) is 0 Å². The van der Waals surface area contributed by atoms with Gasteiger partial charge >= 0.3 is 0 Å². The highest BCUT2D eigenvalue weighted by Gasteiger charge is 2.31. The molecule has 1 aromatic rings. The standard InChI is InChI=1S/C16H23N3O3S.ClH/c1-23(21,22)15-4-2-3-13(11-15)16(20)19-8-5-14(12-19)18-9-6-17-7-10-18;/h2-4,11,14,17H,5-10,12H2,1H3;1H. The molecule has 2 heterocycles. The third-order valence-electron chi connectivity index (χ3n) is 4.63. The van der Waals surface area contributed by atoms with E-state index < -0.39 is 9.84 Å². The van der Waals surface area contributed by atoms with Crippen molar-refractivity contribution < 1.29 is 13.2 Å². The summed E-state index contributed by atoms with van der Waals surface area (Å²) in [7, 11) is -3.30. The van der Waals surface area contributed by atoms with Gasteiger partial charge in [0.2, 0.25) is 0 Å². The highest BCUT2D eigenvalue weighted by molar-refractivity contribution is 7.90. The van der Waals surface area contributed by atoms with Gasteiger partial charge in [-0.15, -0.1) is 12.4 Å². The van der Waals surface area contributed by atoms with Crippen molar-refractivity contribution in [3.8, 4) is 0 Å². The summed E-state index contributed by atoms with van der Waals surface area (Å²) in [6.45, 7) is 5.51. The topological polar surface area (TPSA) is 69.7 Å². The molecule has 134 valence electrons. The molecule has 2 saturated heterocycles. The average Bonchev–Trinajstić information content (AvgIpc) is 3.04. The van der Waals surface area contributed by atoms with E-state index in [1.165, 1.54) is 12.1 Å². The first-order valence-electron chi connectivity index (χ1n) is 7.99. The Hall–Kier alpha value is -1.15. The van der Waals surface area contributed by atoms with Crippen LogP contribution in [0.4, 0.5) is 0 Å². The Bertz CT molecular complexity index is 690. The molecule has 24 heavy (non-hydrogen) atoms. The third kappa shape index (κ3) is 4.27. The van der Waals surface area contributed by atoms with E-state index >= 15 is 0 Å². The summed E-state index contributed by atoms with van der Waals surface area (Å²) in [5.41, 5.74) is 0.453. The van der Waals surface area contributed by atoms with Gasteiger partial charge in [-0.05, 0) is 24.6 Å². The number of hydrogen-bond acceptors (Lipinski definition) is 5. The third-order valence-corrected chi connectivity index (χ3v) is 5.74. The zero-order valence-corrected chi connectivity index (χ0v) is 15.4. The maximum absolute atomic E-state index is 12.7. The highest BCUT2D eigenvalue weighted by atomic mass is 35.5. The van der Waals surface area contributed by atoms with Crippen LogP contribution in [0.5, 0.6) is 0 Å². The second-order valence-corrected chi connectivity index (χ2v) is 8.30. The van der Waals surface area contributed by atoms with E-state index in [0.717, 1.165) is 51.9 Å². The van der Waals surface area contributed by atoms with Crippen LogP contribution in [0.1, 0.15) is 16.8 Å². The number of sulfone groups is 1. The zero-order valence-electron chi connectivity index (χ0n) is 13.8. The van der Waals surface area contributed by atoms with Gasteiger partial charge in [0.25, 0.3) is 5.91 Å². The van der Waals surface area contributed by atoms with Crippen LogP contribution >= 0.6 is 12.4 Å². The van der Waals surface area contributed by atoms with Crippen molar-refractivity contribution in [2.45, 2.75) is 17.4 Å². The lowest BCUT2D eigenvalue weighted by atomic mass is 10.2. The van der Waals surface area contributed by atoms with E-state index in [1.807, 2.05) is 4.90 Å². The van der Waals surface area contributed by atoms with Crippen LogP contribution < -0.4 is 5.32 Å². The molecule has 1 amide bonds. The molecule has 2 aliphatic rings. The molecule has 0 radical (unpaired) electrons. The second-order valence-electron chi connectivity index (χ2n) is 6.28. The minimum Gasteiger partial charge on any atom is -0.337 e. The Morgan fingerprint density at radius 1 is 1.21 bits per heavy atom. The van der Waals surface area contributed by atoms with Crippen molar-refractivity contribution in [2.24, 2.45) is 0 Å². The molecule has 0 aliphatic carbocycles. The molecule has 6 nitrogen and oxygen atoms in total. The molecular formula is C16H24ClN3O3S. The van der Waals surface area contributed by atoms with E-state index in [2.05, 4.69) is 10.2 Å². The quantitative estimate of drug-likeness (QED) is 0.841. The Labute approximate surface area is 149 Å². The van der Waals surface area contributed by atoms with Crippen LogP contribution in [0.2, 0.25) is 0 Å². The van der Waals surface area contributed by atoms with Crippen LogP contribution in [0.3, 0.4) is 0 Å². The van der Waals surface area contributed by atoms with Crippen molar-refractivity contribution in [2.75, 3.05) is 45.5 Å². The van der Waals surface area contributed by atoms with Gasteiger partial charge in [0, 0.05) is 57.1 Å². The van der Waals surface area contributed by atoms with Crippen molar-refractivity contribution in [3.05, 3.63) is 29.8 Å². The van der Waals surface area contributed by atoms with Gasteiger partial charge in [-0.2, -0.15) is 0 Å². The number of carbonyl (C=O) groups excluding carboxylic acids is 1. The fraction of sp³-hybridized carbons (Fsp3) is 0.562. The van der Waals surface area contributed by atoms with Gasteiger partial charge in [0.15, 0.2) is 9.84 Å². The number of piperazine rings is 1. The molecule has 1 atom stereocenters. The Kier molecular flexibility index (Phi) is 6.25. The number of benzene rings is 1. The van der Waals surface area contributed by atoms with Gasteiger partial charge in [0.1, 0.15) is 0 Å². The largest absolute Gasteiger partial charge is 0.337 e. The molecule has 8 heteroatoms. The van der Waals surface area contributed by atoms with Gasteiger partial charge in [-0.3, -0.25) is 9.69 Å². The molecule has 0 saturated carbocycles. The van der Waals surface area contributed by atoms with Gasteiger partial charge in [-0.25, -0.2) is 8.42 Å². The smallest absolute Gasteiger partial charge is 0.253 e. The van der Waals surface area contributed by atoms with Crippen molar-refractivity contribution >= 4 is 28.2 Å². The summed E-state index contributed by atoms with van der Waals surface area (Å²) in [6.07, 6.45) is 2.14. The minimum atomic E-state index is -3.30. The highest BCUT2D eigenvalue weighted by Crippen LogP contribution is 2.20. The summed E-state index contributed by atoms with van der Waals surface area (Å²) in [5, 5.41) is 3.34. The maximum Gasteiger partial charge on any atom is 0.253 e. The van der Waals surface area contributed by atoms with Crippen LogP contribution in [0, 0.1) is 0 Å². The molecule has 1 unspecified atom stereocenters. The normalized spacial score (nSPS) is 22.2. The fourth-order valence-corrected chi connectivity index (χ4v) is 3.98. The van der Waals surface area contributed by atoms with Crippen LogP contribution in [-0.2, 0) is 9.84 Å². The van der Waals surface area contributed by atoms with Crippen molar-refractivity contribution in [3.63, 3.8) is 0 Å². The SMILES string of the molecule is CS(=O)(=O)c1cccc(C(=O)N2CCC(N3CCNCC3)C2)c1.Cl. The Morgan fingerprint density at radius 2 is 1.92 bits per heavy atom. The van der Waals surface area contributed by atoms with E-state index in [1.54, 1.807) is 12.1 Å². The average molecular weight is 374 g/mol. The molecule has 3 rings (SSSR count). The van der Waals surface area contributed by atoms with Gasteiger partial charge < -0.3 is 10.2 Å². The first-order chi connectivity index (χ1) is 10.9. The first-order valence-corrected chi connectivity index (χ1v) is 9.88. The fourth-order valence-electron chi connectivity index (χ4n) is 3.31. The molecule has 1 N–H and O–H groups in total. The first kappa shape index (κ1) is 19.2. The summed E-state index contributed by atoms with van der Waals surface area (Å²) < 4.78 is 23.3. The van der Waals surface area contributed by atoms with Crippen molar-refractivity contribution in [1.82, 2.24) is 15.1 Å². The second kappa shape index (κ2) is 7.82. The molecular weight excluding hydrogens is 350 g/mol. The molecule has 0 aromatic heterocycles. The van der Waals surface area contributed by atoms with E-state index in [4.69, 9.17) is 0 Å². The molecule has 0 spiro atoms. The molecule has 1 aromatic carbocycles. The monoisotopic (exact) mass is 373 g/mol. The number of halogens is 1. The zero-order chi connectivity index (χ0) is 16.4. The Morgan fingerprint density at radius 3 is 2.58 bits per heavy atom. The van der Waals surface area contributed by atoms with Gasteiger partial charge in [0.05, 0.1) is 4.90 Å². The van der Waals surface area contributed by atoms with Crippen LogP contribution in [0.25, 0.3) is 0 Å². The van der Waals surface area contributed by atoms with E-state index in [0.29, 0.717) is 11.6 Å². The summed E-state index contributed by atoms with van der Waals surface area (Å²) in [5.74, 6) is -0.0758. The summed E-state index contributed by atoms with van der Waals surface area (Å²) in [4.78, 5) is 17.1. The predicted octanol–water partition coefficient (Wildman–Crippen LogP) is 0.632. The molecule has 2 aliphatic heterocycles. The number of carbonyl (C=O) groups is 1. The predicted molar refractivity (Wildman–Crippen MR) is 95.6 cm³/mol. The van der Waals surface area contributed by atoms with E-state index in [9.17, 15) is 13.2 Å². The van der Waals surface area contributed by atoms with Crippen LogP contribution in [0.15, 0.2) is 29.2 Å². The Balaban J connectivity index is 0.00000208.